The number of pyridine rings is 1. The van der Waals surface area contributed by atoms with Crippen LogP contribution < -0.4 is 10.5 Å². The lowest BCUT2D eigenvalue weighted by Crippen LogP contribution is -2.30. The van der Waals surface area contributed by atoms with Crippen molar-refractivity contribution >= 4 is 33.4 Å². The second-order valence-corrected chi connectivity index (χ2v) is 3.76. The van der Waals surface area contributed by atoms with Crippen molar-refractivity contribution in [3.63, 3.8) is 0 Å². The molecule has 1 atom stereocenters. The van der Waals surface area contributed by atoms with Gasteiger partial charge in [0.25, 0.3) is 5.91 Å². The number of aromatic nitrogens is 1. The van der Waals surface area contributed by atoms with Crippen LogP contribution in [0.1, 0.15) is 6.92 Å². The van der Waals surface area contributed by atoms with Crippen molar-refractivity contribution in [3.8, 4) is 5.75 Å². The summed E-state index contributed by atoms with van der Waals surface area (Å²) in [4.78, 5) is 14.6. The smallest absolute Gasteiger partial charge is 0.258 e. The Balaban J connectivity index is 2.82. The average molecular weight is 280 g/mol. The molecule has 14 heavy (non-hydrogen) atoms. The molecule has 1 aromatic rings. The number of hydrogen-bond acceptors (Lipinski definition) is 3. The molecule has 0 aromatic carbocycles. The summed E-state index contributed by atoms with van der Waals surface area (Å²) in [6, 6.07) is 3.27. The highest BCUT2D eigenvalue weighted by molar-refractivity contribution is 9.10. The quantitative estimate of drug-likeness (QED) is 0.857. The fourth-order valence-corrected chi connectivity index (χ4v) is 1.35. The van der Waals surface area contributed by atoms with Gasteiger partial charge < -0.3 is 10.5 Å². The number of amides is 1. The third-order valence-corrected chi connectivity index (χ3v) is 2.20. The number of nitrogens with zero attached hydrogens (tertiary/aromatic N) is 1. The van der Waals surface area contributed by atoms with E-state index >= 15 is 0 Å². The Bertz CT molecular complexity index is 359. The highest BCUT2D eigenvalue weighted by Crippen LogP contribution is 2.24. The summed E-state index contributed by atoms with van der Waals surface area (Å²) in [6.07, 6.45) is -0.726. The van der Waals surface area contributed by atoms with Gasteiger partial charge in [0.05, 0.1) is 0 Å². The van der Waals surface area contributed by atoms with Gasteiger partial charge in [0.2, 0.25) is 0 Å². The Morgan fingerprint density at radius 2 is 2.36 bits per heavy atom. The number of halogens is 2. The number of ether oxygens (including phenoxy) is 1. The van der Waals surface area contributed by atoms with E-state index < -0.39 is 12.0 Å². The summed E-state index contributed by atoms with van der Waals surface area (Å²) in [5, 5.41) is 0.187. The topological polar surface area (TPSA) is 65.2 Å². The molecule has 0 fully saturated rings. The summed E-state index contributed by atoms with van der Waals surface area (Å²) in [5.74, 6) is -0.217. The zero-order chi connectivity index (χ0) is 10.7. The van der Waals surface area contributed by atoms with Crippen LogP contribution in [0.15, 0.2) is 16.7 Å². The fraction of sp³-hybridized carbons (Fsp3) is 0.250. The number of carbonyl (C=O) groups excluding carboxylic acids is 1. The summed E-state index contributed by atoms with van der Waals surface area (Å²) >= 11 is 8.91. The van der Waals surface area contributed by atoms with Gasteiger partial charge in [-0.3, -0.25) is 4.79 Å². The fourth-order valence-electron chi connectivity index (χ4n) is 0.736. The molecular weight excluding hydrogens is 271 g/mol. The van der Waals surface area contributed by atoms with Gasteiger partial charge in [-0.15, -0.1) is 0 Å². The highest BCUT2D eigenvalue weighted by atomic mass is 79.9. The van der Waals surface area contributed by atoms with Gasteiger partial charge in [-0.25, -0.2) is 4.98 Å². The van der Waals surface area contributed by atoms with Gasteiger partial charge in [-0.2, -0.15) is 0 Å². The minimum Gasteiger partial charge on any atom is -0.478 e. The van der Waals surface area contributed by atoms with E-state index in [0.29, 0.717) is 10.4 Å². The van der Waals surface area contributed by atoms with Gasteiger partial charge in [0.15, 0.2) is 17.0 Å². The molecule has 1 heterocycles. The molecular formula is C8H8BrClN2O2. The number of carbonyl (C=O) groups is 1. The van der Waals surface area contributed by atoms with Crippen LogP contribution in [0.25, 0.3) is 0 Å². The molecule has 0 saturated heterocycles. The van der Waals surface area contributed by atoms with E-state index in [1.54, 1.807) is 19.1 Å². The number of rotatable bonds is 3. The van der Waals surface area contributed by atoms with Crippen LogP contribution >= 0.6 is 27.5 Å². The molecule has 0 aliphatic heterocycles. The Hall–Kier alpha value is -0.810. The van der Waals surface area contributed by atoms with Gasteiger partial charge in [-0.05, 0) is 35.0 Å². The van der Waals surface area contributed by atoms with Crippen LogP contribution in [0.2, 0.25) is 5.15 Å². The zero-order valence-corrected chi connectivity index (χ0v) is 9.67. The van der Waals surface area contributed by atoms with Crippen molar-refractivity contribution in [3.05, 3.63) is 21.9 Å². The van der Waals surface area contributed by atoms with Crippen LogP contribution in [0.5, 0.6) is 5.75 Å². The van der Waals surface area contributed by atoms with Crippen molar-refractivity contribution in [2.24, 2.45) is 5.73 Å². The maximum atomic E-state index is 10.7. The van der Waals surface area contributed by atoms with Gasteiger partial charge in [-0.1, -0.05) is 11.6 Å². The first-order valence-corrected chi connectivity index (χ1v) is 4.96. The lowest BCUT2D eigenvalue weighted by atomic mass is 10.4. The van der Waals surface area contributed by atoms with E-state index in [9.17, 15) is 4.79 Å². The predicted octanol–water partition coefficient (Wildman–Crippen LogP) is 1.75. The molecule has 1 amide bonds. The maximum Gasteiger partial charge on any atom is 0.258 e. The van der Waals surface area contributed by atoms with Crippen molar-refractivity contribution < 1.29 is 9.53 Å². The lowest BCUT2D eigenvalue weighted by molar-refractivity contribution is -0.123. The molecule has 0 aliphatic rings. The Kier molecular flexibility index (Phi) is 3.71. The molecule has 76 valence electrons. The van der Waals surface area contributed by atoms with Crippen molar-refractivity contribution in [2.45, 2.75) is 13.0 Å². The van der Waals surface area contributed by atoms with E-state index in [4.69, 9.17) is 22.1 Å². The second kappa shape index (κ2) is 4.61. The zero-order valence-electron chi connectivity index (χ0n) is 7.33. The molecule has 0 saturated carbocycles. The van der Waals surface area contributed by atoms with E-state index in [-0.39, 0.29) is 5.15 Å². The largest absolute Gasteiger partial charge is 0.478 e. The molecule has 0 bridgehead atoms. The Morgan fingerprint density at radius 1 is 1.71 bits per heavy atom. The normalized spacial score (nSPS) is 12.2. The van der Waals surface area contributed by atoms with E-state index in [1.807, 2.05) is 0 Å². The monoisotopic (exact) mass is 278 g/mol. The summed E-state index contributed by atoms with van der Waals surface area (Å²) in [6.45, 7) is 1.54. The van der Waals surface area contributed by atoms with Crippen molar-refractivity contribution in [2.75, 3.05) is 0 Å². The maximum absolute atomic E-state index is 10.7. The molecule has 1 aromatic heterocycles. The molecule has 6 heteroatoms. The van der Waals surface area contributed by atoms with Gasteiger partial charge in [0.1, 0.15) is 4.60 Å². The molecule has 0 spiro atoms. The van der Waals surface area contributed by atoms with Gasteiger partial charge in [0, 0.05) is 0 Å². The first-order chi connectivity index (χ1) is 6.50. The third kappa shape index (κ3) is 2.85. The van der Waals surface area contributed by atoms with Crippen LogP contribution in [0, 0.1) is 0 Å². The number of hydrogen-bond donors (Lipinski definition) is 1. The van der Waals surface area contributed by atoms with Crippen LogP contribution in [0.4, 0.5) is 0 Å². The highest BCUT2D eigenvalue weighted by Gasteiger charge is 2.12. The Labute approximate surface area is 94.5 Å². The SMILES string of the molecule is CC(Oc1ccc(Br)nc1Cl)C(N)=O. The summed E-state index contributed by atoms with van der Waals surface area (Å²) < 4.78 is 5.77. The van der Waals surface area contributed by atoms with Crippen LogP contribution in [-0.2, 0) is 4.79 Å². The van der Waals surface area contributed by atoms with E-state index in [2.05, 4.69) is 20.9 Å². The summed E-state index contributed by atoms with van der Waals surface area (Å²) in [5.41, 5.74) is 5.03. The molecule has 0 radical (unpaired) electrons. The van der Waals surface area contributed by atoms with Crippen LogP contribution in [-0.4, -0.2) is 17.0 Å². The Morgan fingerprint density at radius 3 is 2.86 bits per heavy atom. The van der Waals surface area contributed by atoms with Gasteiger partial charge >= 0.3 is 0 Å². The number of primary amides is 1. The minimum atomic E-state index is -0.726. The average Bonchev–Trinajstić information content (AvgIpc) is 2.09. The first kappa shape index (κ1) is 11.3. The van der Waals surface area contributed by atoms with E-state index in [0.717, 1.165) is 0 Å². The molecule has 2 N–H and O–H groups in total. The molecule has 1 rings (SSSR count). The third-order valence-electron chi connectivity index (χ3n) is 1.48. The second-order valence-electron chi connectivity index (χ2n) is 2.59. The lowest BCUT2D eigenvalue weighted by Gasteiger charge is -2.11. The predicted molar refractivity (Wildman–Crippen MR) is 56.2 cm³/mol. The molecule has 0 aliphatic carbocycles. The first-order valence-electron chi connectivity index (χ1n) is 3.78. The summed E-state index contributed by atoms with van der Waals surface area (Å²) in [7, 11) is 0. The standard InChI is InChI=1S/C8H8BrClN2O2/c1-4(8(11)13)14-5-2-3-6(9)12-7(5)10/h2-4H,1H3,(H2,11,13). The van der Waals surface area contributed by atoms with Crippen LogP contribution in [0.3, 0.4) is 0 Å². The number of nitrogens with two attached hydrogens (primary N) is 1. The molecule has 4 nitrogen and oxygen atoms in total. The van der Waals surface area contributed by atoms with Crippen molar-refractivity contribution in [1.82, 2.24) is 4.98 Å². The molecule has 1 unspecified atom stereocenters. The van der Waals surface area contributed by atoms with Crippen molar-refractivity contribution in [1.29, 1.82) is 0 Å². The van der Waals surface area contributed by atoms with E-state index in [1.165, 1.54) is 0 Å². The minimum absolute atomic E-state index is 0.187.